The van der Waals surface area contributed by atoms with Crippen molar-refractivity contribution >= 4 is 5.69 Å². The average molecular weight is 285 g/mol. The molecule has 1 fully saturated rings. The van der Waals surface area contributed by atoms with Gasteiger partial charge in [-0.1, -0.05) is 38.8 Å². The predicted molar refractivity (Wildman–Crippen MR) is 76.0 cm³/mol. The Labute approximate surface area is 118 Å². The second kappa shape index (κ2) is 6.06. The van der Waals surface area contributed by atoms with Crippen molar-refractivity contribution < 1.29 is 13.2 Å². The lowest BCUT2D eigenvalue weighted by molar-refractivity contribution is -0.184. The molecule has 1 saturated carbocycles. The standard InChI is InChI=1S/C16H22F3N/c1-11(2)12-7-9-13(10-8-12)20-15-6-4-3-5-14(15)16(17,18)19/h7-11,14-15,20H,3-6H2,1-2H3. The van der Waals surface area contributed by atoms with Crippen molar-refractivity contribution in [2.45, 2.75) is 57.7 Å². The second-order valence-corrected chi connectivity index (χ2v) is 5.96. The number of hydrogen-bond donors (Lipinski definition) is 1. The highest BCUT2D eigenvalue weighted by Crippen LogP contribution is 2.39. The van der Waals surface area contributed by atoms with Crippen LogP contribution in [0.2, 0.25) is 0 Å². The van der Waals surface area contributed by atoms with E-state index in [1.807, 2.05) is 24.3 Å². The molecule has 2 atom stereocenters. The van der Waals surface area contributed by atoms with Crippen LogP contribution in [0, 0.1) is 5.92 Å². The van der Waals surface area contributed by atoms with E-state index in [2.05, 4.69) is 19.2 Å². The van der Waals surface area contributed by atoms with Gasteiger partial charge >= 0.3 is 6.18 Å². The minimum Gasteiger partial charge on any atom is -0.382 e. The van der Waals surface area contributed by atoms with E-state index < -0.39 is 18.1 Å². The summed E-state index contributed by atoms with van der Waals surface area (Å²) < 4.78 is 39.1. The first-order valence-electron chi connectivity index (χ1n) is 7.31. The molecule has 1 aliphatic carbocycles. The molecule has 4 heteroatoms. The quantitative estimate of drug-likeness (QED) is 0.790. The molecule has 1 N–H and O–H groups in total. The van der Waals surface area contributed by atoms with Gasteiger partial charge in [-0.2, -0.15) is 13.2 Å². The topological polar surface area (TPSA) is 12.0 Å². The number of benzene rings is 1. The SMILES string of the molecule is CC(C)c1ccc(NC2CCCCC2C(F)(F)F)cc1. The molecule has 0 aliphatic heterocycles. The molecule has 1 aliphatic rings. The minimum absolute atomic E-state index is 0.241. The van der Waals surface area contributed by atoms with Crippen molar-refractivity contribution in [1.82, 2.24) is 0 Å². The third-order valence-corrected chi connectivity index (χ3v) is 4.12. The van der Waals surface area contributed by atoms with E-state index in [1.165, 1.54) is 5.56 Å². The molecule has 0 bridgehead atoms. The molecule has 1 nitrogen and oxygen atoms in total. The molecule has 1 aromatic rings. The summed E-state index contributed by atoms with van der Waals surface area (Å²) >= 11 is 0. The van der Waals surface area contributed by atoms with Gasteiger partial charge in [-0.15, -0.1) is 0 Å². The first-order valence-corrected chi connectivity index (χ1v) is 7.31. The van der Waals surface area contributed by atoms with E-state index in [-0.39, 0.29) is 6.42 Å². The first-order chi connectivity index (χ1) is 9.38. The van der Waals surface area contributed by atoms with Gasteiger partial charge in [0.1, 0.15) is 0 Å². The summed E-state index contributed by atoms with van der Waals surface area (Å²) in [7, 11) is 0. The molecular weight excluding hydrogens is 263 g/mol. The molecule has 0 amide bonds. The monoisotopic (exact) mass is 285 g/mol. The lowest BCUT2D eigenvalue weighted by atomic mass is 9.84. The molecule has 20 heavy (non-hydrogen) atoms. The van der Waals surface area contributed by atoms with Crippen molar-refractivity contribution in [3.8, 4) is 0 Å². The van der Waals surface area contributed by atoms with E-state index in [4.69, 9.17) is 0 Å². The number of anilines is 1. The number of nitrogens with one attached hydrogen (secondary N) is 1. The Bertz CT molecular complexity index is 422. The van der Waals surface area contributed by atoms with Crippen LogP contribution in [0.1, 0.15) is 51.0 Å². The third kappa shape index (κ3) is 3.68. The average Bonchev–Trinajstić information content (AvgIpc) is 2.38. The van der Waals surface area contributed by atoms with Crippen LogP contribution >= 0.6 is 0 Å². The van der Waals surface area contributed by atoms with Crippen molar-refractivity contribution in [3.63, 3.8) is 0 Å². The Morgan fingerprint density at radius 3 is 2.20 bits per heavy atom. The lowest BCUT2D eigenvalue weighted by Crippen LogP contribution is -2.41. The van der Waals surface area contributed by atoms with Crippen molar-refractivity contribution in [2.24, 2.45) is 5.92 Å². The van der Waals surface area contributed by atoms with Crippen LogP contribution in [-0.4, -0.2) is 12.2 Å². The predicted octanol–water partition coefficient (Wildman–Crippen LogP) is 5.34. The van der Waals surface area contributed by atoms with Gasteiger partial charge in [-0.25, -0.2) is 0 Å². The van der Waals surface area contributed by atoms with Crippen LogP contribution in [0.5, 0.6) is 0 Å². The van der Waals surface area contributed by atoms with Gasteiger partial charge in [-0.3, -0.25) is 0 Å². The summed E-state index contributed by atoms with van der Waals surface area (Å²) in [5.41, 5.74) is 1.99. The van der Waals surface area contributed by atoms with Crippen molar-refractivity contribution in [3.05, 3.63) is 29.8 Å². The number of halogens is 3. The Balaban J connectivity index is 2.07. The molecule has 2 unspecified atom stereocenters. The molecule has 0 aromatic heterocycles. The zero-order chi connectivity index (χ0) is 14.8. The lowest BCUT2D eigenvalue weighted by Gasteiger charge is -2.34. The van der Waals surface area contributed by atoms with Crippen LogP contribution < -0.4 is 5.32 Å². The molecule has 0 heterocycles. The zero-order valence-electron chi connectivity index (χ0n) is 12.0. The van der Waals surface area contributed by atoms with Crippen LogP contribution in [0.15, 0.2) is 24.3 Å². The van der Waals surface area contributed by atoms with E-state index in [9.17, 15) is 13.2 Å². The maximum Gasteiger partial charge on any atom is 0.393 e. The normalized spacial score (nSPS) is 23.9. The van der Waals surface area contributed by atoms with E-state index >= 15 is 0 Å². The Kier molecular flexibility index (Phi) is 4.61. The van der Waals surface area contributed by atoms with Gasteiger partial charge in [0.2, 0.25) is 0 Å². The summed E-state index contributed by atoms with van der Waals surface area (Å²) in [4.78, 5) is 0. The molecule has 1 aromatic carbocycles. The summed E-state index contributed by atoms with van der Waals surface area (Å²) in [6.45, 7) is 4.20. The van der Waals surface area contributed by atoms with Crippen LogP contribution in [-0.2, 0) is 0 Å². The van der Waals surface area contributed by atoms with Gasteiger partial charge in [0.25, 0.3) is 0 Å². The minimum atomic E-state index is -4.10. The smallest absolute Gasteiger partial charge is 0.382 e. The number of alkyl halides is 3. The number of rotatable bonds is 3. The Hall–Kier alpha value is -1.19. The largest absolute Gasteiger partial charge is 0.393 e. The van der Waals surface area contributed by atoms with Crippen molar-refractivity contribution in [1.29, 1.82) is 0 Å². The van der Waals surface area contributed by atoms with Crippen LogP contribution in [0.25, 0.3) is 0 Å². The zero-order valence-corrected chi connectivity index (χ0v) is 12.0. The van der Waals surface area contributed by atoms with Gasteiger partial charge in [0, 0.05) is 11.7 Å². The molecule has 0 spiro atoms. The maximum atomic E-state index is 13.0. The highest BCUT2D eigenvalue weighted by Gasteiger charge is 2.45. The molecular formula is C16H22F3N. The van der Waals surface area contributed by atoms with Crippen molar-refractivity contribution in [2.75, 3.05) is 5.32 Å². The third-order valence-electron chi connectivity index (χ3n) is 4.12. The molecule has 0 saturated heterocycles. The van der Waals surface area contributed by atoms with Gasteiger partial charge in [-0.05, 0) is 36.5 Å². The summed E-state index contributed by atoms with van der Waals surface area (Å²) in [6.07, 6.45) is -1.72. The van der Waals surface area contributed by atoms with Gasteiger partial charge in [0.05, 0.1) is 5.92 Å². The maximum absolute atomic E-state index is 13.0. The van der Waals surface area contributed by atoms with E-state index in [0.29, 0.717) is 18.8 Å². The van der Waals surface area contributed by atoms with E-state index in [1.54, 1.807) is 0 Å². The number of hydrogen-bond acceptors (Lipinski definition) is 1. The fourth-order valence-electron chi connectivity index (χ4n) is 2.87. The highest BCUT2D eigenvalue weighted by molar-refractivity contribution is 5.46. The fourth-order valence-corrected chi connectivity index (χ4v) is 2.87. The van der Waals surface area contributed by atoms with Crippen LogP contribution in [0.4, 0.5) is 18.9 Å². The van der Waals surface area contributed by atoms with Gasteiger partial charge in [0.15, 0.2) is 0 Å². The first kappa shape index (κ1) is 15.2. The molecule has 112 valence electrons. The Morgan fingerprint density at radius 1 is 1.05 bits per heavy atom. The summed E-state index contributed by atoms with van der Waals surface area (Å²) in [5.74, 6) is -0.789. The summed E-state index contributed by atoms with van der Waals surface area (Å²) in [5, 5.41) is 3.08. The van der Waals surface area contributed by atoms with E-state index in [0.717, 1.165) is 12.1 Å². The van der Waals surface area contributed by atoms with Gasteiger partial charge < -0.3 is 5.32 Å². The highest BCUT2D eigenvalue weighted by atomic mass is 19.4. The molecule has 2 rings (SSSR count). The Morgan fingerprint density at radius 2 is 1.65 bits per heavy atom. The second-order valence-electron chi connectivity index (χ2n) is 5.96. The van der Waals surface area contributed by atoms with Crippen LogP contribution in [0.3, 0.4) is 0 Å². The fraction of sp³-hybridized carbons (Fsp3) is 0.625. The molecule has 0 radical (unpaired) electrons. The summed E-state index contributed by atoms with van der Waals surface area (Å²) in [6, 6.07) is 7.25.